The Morgan fingerprint density at radius 2 is 2.24 bits per heavy atom. The molecule has 6 nitrogen and oxygen atoms in total. The first kappa shape index (κ1) is 17.4. The highest BCUT2D eigenvalue weighted by Gasteiger charge is 2.03. The van der Waals surface area contributed by atoms with Crippen LogP contribution in [0.15, 0.2) is 11.2 Å². The van der Waals surface area contributed by atoms with Gasteiger partial charge in [0, 0.05) is 31.1 Å². The van der Waals surface area contributed by atoms with Crippen LogP contribution in [0.1, 0.15) is 36.1 Å². The average molecular weight is 312 g/mol. The van der Waals surface area contributed by atoms with Gasteiger partial charge in [-0.2, -0.15) is 0 Å². The Morgan fingerprint density at radius 3 is 2.86 bits per heavy atom. The van der Waals surface area contributed by atoms with E-state index in [4.69, 9.17) is 0 Å². The van der Waals surface area contributed by atoms with Crippen LogP contribution in [0.25, 0.3) is 0 Å². The number of ether oxygens (including phenoxy) is 1. The molecule has 21 heavy (non-hydrogen) atoms. The number of nitrogens with one attached hydrogen (secondary N) is 2. The predicted octanol–water partition coefficient (Wildman–Crippen LogP) is 1.71. The summed E-state index contributed by atoms with van der Waals surface area (Å²) >= 11 is 1.72. The summed E-state index contributed by atoms with van der Waals surface area (Å²) in [6, 6.07) is 0. The fourth-order valence-electron chi connectivity index (χ4n) is 1.68. The van der Waals surface area contributed by atoms with E-state index in [2.05, 4.69) is 32.3 Å². The van der Waals surface area contributed by atoms with Gasteiger partial charge in [0.05, 0.1) is 13.7 Å². The Hall–Kier alpha value is -1.63. The zero-order valence-corrected chi connectivity index (χ0v) is 13.8. The van der Waals surface area contributed by atoms with E-state index in [1.165, 1.54) is 12.0 Å². The minimum Gasteiger partial charge on any atom is -0.469 e. The molecule has 0 fully saturated rings. The second-order valence-corrected chi connectivity index (χ2v) is 5.66. The van der Waals surface area contributed by atoms with Crippen LogP contribution in [-0.2, 0) is 22.5 Å². The summed E-state index contributed by atoms with van der Waals surface area (Å²) < 4.78 is 4.60. The second kappa shape index (κ2) is 10.1. The number of aliphatic imine (C=N–C) groups is 1. The lowest BCUT2D eigenvalue weighted by atomic mass is 10.2. The van der Waals surface area contributed by atoms with Crippen molar-refractivity contribution in [3.63, 3.8) is 0 Å². The van der Waals surface area contributed by atoms with Crippen LogP contribution in [0.4, 0.5) is 0 Å². The maximum atomic E-state index is 11.0. The Bertz CT molecular complexity index is 460. The maximum Gasteiger partial charge on any atom is 0.305 e. The molecule has 0 spiro atoms. The summed E-state index contributed by atoms with van der Waals surface area (Å²) in [6.07, 6.45) is 5.11. The number of nitrogens with zero attached hydrogens (tertiary/aromatic N) is 2. The standard InChI is InChI=1S/C14H24N4O2S/c1-4-11-9-17-12(21-11)10-18-14(15-2)16-8-6-5-7-13(19)20-3/h9H,4-8,10H2,1-3H3,(H2,15,16,18). The van der Waals surface area contributed by atoms with Crippen molar-refractivity contribution in [1.29, 1.82) is 0 Å². The van der Waals surface area contributed by atoms with Crippen molar-refractivity contribution in [2.75, 3.05) is 20.7 Å². The van der Waals surface area contributed by atoms with Crippen LogP contribution < -0.4 is 10.6 Å². The van der Waals surface area contributed by atoms with Crippen LogP contribution in [0.3, 0.4) is 0 Å². The van der Waals surface area contributed by atoms with Crippen molar-refractivity contribution in [2.45, 2.75) is 39.2 Å². The van der Waals surface area contributed by atoms with Crippen molar-refractivity contribution in [3.05, 3.63) is 16.1 Å². The molecule has 118 valence electrons. The minimum absolute atomic E-state index is 0.159. The molecule has 0 aliphatic rings. The van der Waals surface area contributed by atoms with E-state index in [1.54, 1.807) is 18.4 Å². The largest absolute Gasteiger partial charge is 0.469 e. The van der Waals surface area contributed by atoms with Gasteiger partial charge in [0.15, 0.2) is 5.96 Å². The Labute approximate surface area is 130 Å². The average Bonchev–Trinajstić information content (AvgIpc) is 2.97. The molecule has 1 aromatic rings. The molecule has 1 aromatic heterocycles. The third kappa shape index (κ3) is 7.08. The lowest BCUT2D eigenvalue weighted by molar-refractivity contribution is -0.140. The molecule has 0 saturated heterocycles. The summed E-state index contributed by atoms with van der Waals surface area (Å²) in [7, 11) is 3.15. The van der Waals surface area contributed by atoms with Crippen molar-refractivity contribution in [3.8, 4) is 0 Å². The molecule has 1 rings (SSSR count). The number of carbonyl (C=O) groups excluding carboxylic acids is 1. The highest BCUT2D eigenvalue weighted by atomic mass is 32.1. The summed E-state index contributed by atoms with van der Waals surface area (Å²) in [6.45, 7) is 3.57. The molecule has 0 saturated carbocycles. The number of hydrogen-bond donors (Lipinski definition) is 2. The van der Waals surface area contributed by atoms with Crippen molar-refractivity contribution < 1.29 is 9.53 Å². The lowest BCUT2D eigenvalue weighted by Gasteiger charge is -2.10. The molecular formula is C14H24N4O2S. The molecular weight excluding hydrogens is 288 g/mol. The van der Waals surface area contributed by atoms with Gasteiger partial charge in [-0.05, 0) is 19.3 Å². The molecule has 0 atom stereocenters. The van der Waals surface area contributed by atoms with Gasteiger partial charge in [0.25, 0.3) is 0 Å². The van der Waals surface area contributed by atoms with E-state index in [1.807, 2.05) is 6.20 Å². The Kier molecular flexibility index (Phi) is 8.42. The van der Waals surface area contributed by atoms with Crippen LogP contribution in [-0.4, -0.2) is 37.6 Å². The highest BCUT2D eigenvalue weighted by molar-refractivity contribution is 7.11. The topological polar surface area (TPSA) is 75.6 Å². The SMILES string of the molecule is CCc1cnc(CNC(=NC)NCCCCC(=O)OC)s1. The number of hydrogen-bond acceptors (Lipinski definition) is 5. The maximum absolute atomic E-state index is 11.0. The zero-order chi connectivity index (χ0) is 15.5. The minimum atomic E-state index is -0.159. The molecule has 0 aromatic carbocycles. The number of carbonyl (C=O) groups is 1. The molecule has 7 heteroatoms. The summed E-state index contributed by atoms with van der Waals surface area (Å²) in [5.74, 6) is 0.592. The fourth-order valence-corrected chi connectivity index (χ4v) is 2.48. The van der Waals surface area contributed by atoms with E-state index in [0.717, 1.165) is 36.8 Å². The van der Waals surface area contributed by atoms with Gasteiger partial charge in [0.1, 0.15) is 5.01 Å². The van der Waals surface area contributed by atoms with Gasteiger partial charge in [-0.25, -0.2) is 4.98 Å². The molecule has 1 heterocycles. The van der Waals surface area contributed by atoms with Crippen LogP contribution in [0.5, 0.6) is 0 Å². The molecule has 0 amide bonds. The third-order valence-corrected chi connectivity index (χ3v) is 4.05. The van der Waals surface area contributed by atoms with E-state index < -0.39 is 0 Å². The van der Waals surface area contributed by atoms with Gasteiger partial charge in [-0.3, -0.25) is 9.79 Å². The number of unbranched alkanes of at least 4 members (excludes halogenated alkanes) is 1. The van der Waals surface area contributed by atoms with Gasteiger partial charge < -0.3 is 15.4 Å². The first-order valence-corrected chi connectivity index (χ1v) is 7.96. The molecule has 0 aliphatic heterocycles. The second-order valence-electron chi connectivity index (χ2n) is 4.46. The first-order valence-electron chi connectivity index (χ1n) is 7.14. The number of guanidine groups is 1. The van der Waals surface area contributed by atoms with E-state index in [0.29, 0.717) is 13.0 Å². The predicted molar refractivity (Wildman–Crippen MR) is 85.6 cm³/mol. The van der Waals surface area contributed by atoms with Gasteiger partial charge in [0.2, 0.25) is 0 Å². The summed E-state index contributed by atoms with van der Waals surface area (Å²) in [5.41, 5.74) is 0. The smallest absolute Gasteiger partial charge is 0.305 e. The van der Waals surface area contributed by atoms with E-state index >= 15 is 0 Å². The number of aromatic nitrogens is 1. The molecule has 0 radical (unpaired) electrons. The van der Waals surface area contributed by atoms with Gasteiger partial charge in [-0.15, -0.1) is 11.3 Å². The van der Waals surface area contributed by atoms with E-state index in [9.17, 15) is 4.79 Å². The van der Waals surface area contributed by atoms with Gasteiger partial charge in [-0.1, -0.05) is 6.92 Å². The number of methoxy groups -OCH3 is 1. The fraction of sp³-hybridized carbons (Fsp3) is 0.643. The van der Waals surface area contributed by atoms with Crippen molar-refractivity contribution in [1.82, 2.24) is 15.6 Å². The normalized spacial score (nSPS) is 11.3. The highest BCUT2D eigenvalue weighted by Crippen LogP contribution is 2.12. The Balaban J connectivity index is 2.18. The molecule has 0 aliphatic carbocycles. The number of esters is 1. The van der Waals surface area contributed by atoms with Crippen molar-refractivity contribution >= 4 is 23.3 Å². The van der Waals surface area contributed by atoms with Crippen LogP contribution in [0.2, 0.25) is 0 Å². The molecule has 0 unspecified atom stereocenters. The summed E-state index contributed by atoms with van der Waals surface area (Å²) in [4.78, 5) is 20.8. The monoisotopic (exact) mass is 312 g/mol. The Morgan fingerprint density at radius 1 is 1.43 bits per heavy atom. The van der Waals surface area contributed by atoms with Gasteiger partial charge >= 0.3 is 5.97 Å². The summed E-state index contributed by atoms with van der Waals surface area (Å²) in [5, 5.41) is 7.50. The molecule has 0 bridgehead atoms. The number of aryl methyl sites for hydroxylation is 1. The van der Waals surface area contributed by atoms with Crippen molar-refractivity contribution in [2.24, 2.45) is 4.99 Å². The number of thiazole rings is 1. The number of rotatable bonds is 8. The van der Waals surface area contributed by atoms with Crippen LogP contribution in [0, 0.1) is 0 Å². The zero-order valence-electron chi connectivity index (χ0n) is 12.9. The molecule has 2 N–H and O–H groups in total. The van der Waals surface area contributed by atoms with E-state index in [-0.39, 0.29) is 5.97 Å². The quantitative estimate of drug-likeness (QED) is 0.331. The first-order chi connectivity index (χ1) is 10.2. The lowest BCUT2D eigenvalue weighted by Crippen LogP contribution is -2.37. The third-order valence-electron chi connectivity index (χ3n) is 2.91. The van der Waals surface area contributed by atoms with Crippen LogP contribution >= 0.6 is 11.3 Å².